The fraction of sp³-hybridized carbons (Fsp3) is 0.353. The van der Waals surface area contributed by atoms with Gasteiger partial charge >= 0.3 is 0 Å². The molecule has 3 heterocycles. The topological polar surface area (TPSA) is 66.8 Å². The van der Waals surface area contributed by atoms with Gasteiger partial charge in [-0.3, -0.25) is 9.48 Å². The Morgan fingerprint density at radius 3 is 2.74 bits per heavy atom. The second-order valence-electron chi connectivity index (χ2n) is 6.11. The number of aromatic amines is 1. The highest BCUT2D eigenvalue weighted by Gasteiger charge is 2.26. The smallest absolute Gasteiger partial charge is 0.257 e. The van der Waals surface area contributed by atoms with Gasteiger partial charge in [0.05, 0.1) is 22.8 Å². The fourth-order valence-electron chi connectivity index (χ4n) is 3.24. The van der Waals surface area contributed by atoms with Gasteiger partial charge in [0.1, 0.15) is 5.82 Å². The SMILES string of the molecule is Cn1cc(C(=O)N2CCC(c3nc4ccccc4[nH]3)CC2)cn1. The number of imidazole rings is 1. The van der Waals surface area contributed by atoms with Gasteiger partial charge in [0.25, 0.3) is 5.91 Å². The van der Waals surface area contributed by atoms with Crippen LogP contribution in [0.1, 0.15) is 34.9 Å². The van der Waals surface area contributed by atoms with Gasteiger partial charge in [-0.1, -0.05) is 12.1 Å². The van der Waals surface area contributed by atoms with Crippen LogP contribution in [0.5, 0.6) is 0 Å². The number of benzene rings is 1. The molecule has 1 fully saturated rings. The Kier molecular flexibility index (Phi) is 3.37. The molecular formula is C17H19N5O. The maximum absolute atomic E-state index is 12.4. The van der Waals surface area contributed by atoms with E-state index in [9.17, 15) is 4.79 Å². The molecular weight excluding hydrogens is 290 g/mol. The molecule has 0 aliphatic carbocycles. The zero-order valence-corrected chi connectivity index (χ0v) is 13.1. The van der Waals surface area contributed by atoms with Gasteiger partial charge in [0.2, 0.25) is 0 Å². The van der Waals surface area contributed by atoms with Crippen molar-refractivity contribution < 1.29 is 4.79 Å². The van der Waals surface area contributed by atoms with Gasteiger partial charge in [0, 0.05) is 32.3 Å². The lowest BCUT2D eigenvalue weighted by Crippen LogP contribution is -2.38. The van der Waals surface area contributed by atoms with Crippen LogP contribution in [0, 0.1) is 0 Å². The highest BCUT2D eigenvalue weighted by Crippen LogP contribution is 2.28. The lowest BCUT2D eigenvalue weighted by Gasteiger charge is -2.30. The van der Waals surface area contributed by atoms with Crippen molar-refractivity contribution in [1.82, 2.24) is 24.6 Å². The highest BCUT2D eigenvalue weighted by atomic mass is 16.2. The van der Waals surface area contributed by atoms with E-state index in [2.05, 4.69) is 10.1 Å². The van der Waals surface area contributed by atoms with Crippen LogP contribution >= 0.6 is 0 Å². The summed E-state index contributed by atoms with van der Waals surface area (Å²) < 4.78 is 1.66. The molecule has 1 amide bonds. The summed E-state index contributed by atoms with van der Waals surface area (Å²) in [5.41, 5.74) is 2.75. The number of nitrogens with one attached hydrogen (secondary N) is 1. The number of H-pyrrole nitrogens is 1. The molecule has 118 valence electrons. The van der Waals surface area contributed by atoms with E-state index in [-0.39, 0.29) is 5.91 Å². The fourth-order valence-corrected chi connectivity index (χ4v) is 3.24. The maximum atomic E-state index is 12.4. The summed E-state index contributed by atoms with van der Waals surface area (Å²) in [4.78, 5) is 22.5. The Balaban J connectivity index is 1.45. The molecule has 1 aromatic carbocycles. The first kappa shape index (κ1) is 14.0. The Labute approximate surface area is 134 Å². The Bertz CT molecular complexity index is 808. The lowest BCUT2D eigenvalue weighted by molar-refractivity contribution is 0.0711. The van der Waals surface area contributed by atoms with Crippen molar-refractivity contribution in [3.8, 4) is 0 Å². The number of hydrogen-bond donors (Lipinski definition) is 1. The molecule has 1 aliphatic rings. The van der Waals surface area contributed by atoms with Crippen LogP contribution in [0.4, 0.5) is 0 Å². The van der Waals surface area contributed by atoms with E-state index >= 15 is 0 Å². The summed E-state index contributed by atoms with van der Waals surface area (Å²) in [5, 5.41) is 4.07. The average Bonchev–Trinajstić information content (AvgIpc) is 3.20. The van der Waals surface area contributed by atoms with Crippen LogP contribution in [0.3, 0.4) is 0 Å². The largest absolute Gasteiger partial charge is 0.342 e. The molecule has 0 radical (unpaired) electrons. The number of fused-ring (bicyclic) bond motifs is 1. The number of aromatic nitrogens is 4. The van der Waals surface area contributed by atoms with Gasteiger partial charge in [0.15, 0.2) is 0 Å². The summed E-state index contributed by atoms with van der Waals surface area (Å²) in [5.74, 6) is 1.50. The Morgan fingerprint density at radius 1 is 1.26 bits per heavy atom. The summed E-state index contributed by atoms with van der Waals surface area (Å²) >= 11 is 0. The number of para-hydroxylation sites is 2. The summed E-state index contributed by atoms with van der Waals surface area (Å²) in [6.07, 6.45) is 5.28. The van der Waals surface area contributed by atoms with Crippen molar-refractivity contribution in [3.05, 3.63) is 48.0 Å². The first-order chi connectivity index (χ1) is 11.2. The van der Waals surface area contributed by atoms with Crippen LogP contribution in [0.25, 0.3) is 11.0 Å². The molecule has 0 atom stereocenters. The first-order valence-electron chi connectivity index (χ1n) is 7.93. The number of carbonyl (C=O) groups excluding carboxylic acids is 1. The van der Waals surface area contributed by atoms with E-state index < -0.39 is 0 Å². The summed E-state index contributed by atoms with van der Waals surface area (Å²) in [6.45, 7) is 1.52. The van der Waals surface area contributed by atoms with Gasteiger partial charge in [-0.2, -0.15) is 5.10 Å². The molecule has 6 nitrogen and oxygen atoms in total. The molecule has 0 spiro atoms. The number of amides is 1. The molecule has 0 unspecified atom stereocenters. The van der Waals surface area contributed by atoms with E-state index in [1.54, 1.807) is 17.1 Å². The molecule has 2 aromatic heterocycles. The number of hydrogen-bond acceptors (Lipinski definition) is 3. The minimum atomic E-state index is 0.0705. The van der Waals surface area contributed by atoms with Crippen LogP contribution in [-0.2, 0) is 7.05 Å². The monoisotopic (exact) mass is 309 g/mol. The molecule has 1 N–H and O–H groups in total. The highest BCUT2D eigenvalue weighted by molar-refractivity contribution is 5.93. The molecule has 4 rings (SSSR count). The second kappa shape index (κ2) is 5.53. The lowest BCUT2D eigenvalue weighted by atomic mass is 9.96. The minimum absolute atomic E-state index is 0.0705. The van der Waals surface area contributed by atoms with Crippen molar-refractivity contribution in [3.63, 3.8) is 0 Å². The molecule has 0 saturated carbocycles. The normalized spacial score (nSPS) is 16.1. The third-order valence-electron chi connectivity index (χ3n) is 4.53. The van der Waals surface area contributed by atoms with Crippen molar-refractivity contribution in [1.29, 1.82) is 0 Å². The van der Waals surface area contributed by atoms with Gasteiger partial charge in [-0.15, -0.1) is 0 Å². The Hall–Kier alpha value is -2.63. The molecule has 1 aliphatic heterocycles. The Morgan fingerprint density at radius 2 is 2.04 bits per heavy atom. The van der Waals surface area contributed by atoms with E-state index in [4.69, 9.17) is 4.98 Å². The van der Waals surface area contributed by atoms with E-state index in [0.29, 0.717) is 11.5 Å². The molecule has 3 aromatic rings. The predicted molar refractivity (Wildman–Crippen MR) is 87.2 cm³/mol. The van der Waals surface area contributed by atoms with Crippen LogP contribution < -0.4 is 0 Å². The summed E-state index contributed by atoms with van der Waals surface area (Å²) in [7, 11) is 1.82. The van der Waals surface area contributed by atoms with Crippen LogP contribution in [0.15, 0.2) is 36.7 Å². The molecule has 0 bridgehead atoms. The average molecular weight is 309 g/mol. The third-order valence-corrected chi connectivity index (χ3v) is 4.53. The molecule has 1 saturated heterocycles. The maximum Gasteiger partial charge on any atom is 0.257 e. The minimum Gasteiger partial charge on any atom is -0.342 e. The molecule has 6 heteroatoms. The predicted octanol–water partition coefficient (Wildman–Crippen LogP) is 2.32. The van der Waals surface area contributed by atoms with Crippen LogP contribution in [0.2, 0.25) is 0 Å². The van der Waals surface area contributed by atoms with E-state index in [1.165, 1.54) is 0 Å². The molecule has 23 heavy (non-hydrogen) atoms. The third kappa shape index (κ3) is 2.60. The zero-order chi connectivity index (χ0) is 15.8. The number of piperidine rings is 1. The van der Waals surface area contributed by atoms with Gasteiger partial charge in [-0.05, 0) is 25.0 Å². The van der Waals surface area contributed by atoms with Crippen LogP contribution in [-0.4, -0.2) is 43.6 Å². The van der Waals surface area contributed by atoms with E-state index in [1.807, 2.05) is 36.2 Å². The summed E-state index contributed by atoms with van der Waals surface area (Å²) in [6, 6.07) is 8.09. The second-order valence-corrected chi connectivity index (χ2v) is 6.11. The number of carbonyl (C=O) groups is 1. The van der Waals surface area contributed by atoms with Gasteiger partial charge in [-0.25, -0.2) is 4.98 Å². The zero-order valence-electron chi connectivity index (χ0n) is 13.1. The number of nitrogens with zero attached hydrogens (tertiary/aromatic N) is 4. The number of likely N-dealkylation sites (tertiary alicyclic amines) is 1. The van der Waals surface area contributed by atoms with Crippen molar-refractivity contribution in [2.24, 2.45) is 7.05 Å². The standard InChI is InChI=1S/C17H19N5O/c1-21-11-13(10-18-21)17(23)22-8-6-12(7-9-22)16-19-14-4-2-3-5-15(14)20-16/h2-5,10-12H,6-9H2,1H3,(H,19,20). The van der Waals surface area contributed by atoms with Gasteiger partial charge < -0.3 is 9.88 Å². The van der Waals surface area contributed by atoms with Crippen molar-refractivity contribution in [2.75, 3.05) is 13.1 Å². The first-order valence-corrected chi connectivity index (χ1v) is 7.93. The van der Waals surface area contributed by atoms with E-state index in [0.717, 1.165) is 42.8 Å². The number of aryl methyl sites for hydroxylation is 1. The number of rotatable bonds is 2. The van der Waals surface area contributed by atoms with Crippen molar-refractivity contribution >= 4 is 16.9 Å². The van der Waals surface area contributed by atoms with Crippen molar-refractivity contribution in [2.45, 2.75) is 18.8 Å². The quantitative estimate of drug-likeness (QED) is 0.790.